The van der Waals surface area contributed by atoms with Crippen molar-refractivity contribution in [2.75, 3.05) is 0 Å². The maximum absolute atomic E-state index is 2.33. The fourth-order valence-corrected chi connectivity index (χ4v) is 0. The quantitative estimate of drug-likeness (QED) is 0.456. The van der Waals surface area contributed by atoms with Crippen LogP contribution in [0.1, 0.15) is 20.8 Å². The van der Waals surface area contributed by atoms with Crippen molar-refractivity contribution < 1.29 is 0 Å². The van der Waals surface area contributed by atoms with E-state index in [1.54, 1.807) is 0 Å². The Morgan fingerprint density at radius 2 is 1.33 bits per heavy atom. The Morgan fingerprint density at radius 1 is 1.17 bits per heavy atom. The molecule has 1 heteroatoms. The first-order chi connectivity index (χ1) is 2.56. The van der Waals surface area contributed by atoms with E-state index in [9.17, 15) is 0 Å². The molecule has 0 spiro atoms. The monoisotopic (exact) mass is 146 g/mol. The van der Waals surface area contributed by atoms with Crippen LogP contribution in [0.2, 0.25) is 10.0 Å². The van der Waals surface area contributed by atoms with Crippen LogP contribution in [0.5, 0.6) is 0 Å². The van der Waals surface area contributed by atoms with E-state index >= 15 is 0 Å². The normalized spacial score (nSPS) is 12.0. The van der Waals surface area contributed by atoms with Crippen molar-refractivity contribution in [3.05, 3.63) is 0 Å². The van der Waals surface area contributed by atoms with Crippen molar-refractivity contribution in [1.29, 1.82) is 0 Å². The Hall–Kier alpha value is 0.543. The van der Waals surface area contributed by atoms with Crippen LogP contribution in [-0.4, -0.2) is 15.4 Å². The van der Waals surface area contributed by atoms with Crippen molar-refractivity contribution in [2.45, 2.75) is 30.8 Å². The van der Waals surface area contributed by atoms with Crippen LogP contribution in [0.25, 0.3) is 0 Å². The van der Waals surface area contributed by atoms with E-state index in [1.807, 2.05) is 0 Å². The Balaban J connectivity index is 3.17. The Labute approximate surface area is 46.8 Å². The van der Waals surface area contributed by atoms with Gasteiger partial charge in [0.15, 0.2) is 0 Å². The van der Waals surface area contributed by atoms with E-state index in [-0.39, 0.29) is 0 Å². The van der Waals surface area contributed by atoms with Gasteiger partial charge in [0.25, 0.3) is 0 Å². The van der Waals surface area contributed by atoms with Crippen LogP contribution in [0.4, 0.5) is 0 Å². The molecule has 0 atom stereocenters. The van der Waals surface area contributed by atoms with Gasteiger partial charge in [0.2, 0.25) is 0 Å². The maximum atomic E-state index is 2.33. The molecule has 0 N–H and O–H groups in total. The Kier molecular flexibility index (Phi) is 2.19. The van der Waals surface area contributed by atoms with Gasteiger partial charge in [-0.1, -0.05) is 0 Å². The SMILES string of the molecule is [CH3][Ge][C](C)(C)C. The molecule has 0 aliphatic heterocycles. The van der Waals surface area contributed by atoms with Crippen LogP contribution >= 0.6 is 0 Å². The topological polar surface area (TPSA) is 0 Å². The first-order valence-corrected chi connectivity index (χ1v) is 5.40. The minimum absolute atomic E-state index is 0.354. The summed E-state index contributed by atoms with van der Waals surface area (Å²) >= 11 is 0.354. The zero-order chi connectivity index (χ0) is 5.21. The summed E-state index contributed by atoms with van der Waals surface area (Å²) in [5.74, 6) is 2.33. The van der Waals surface area contributed by atoms with Crippen LogP contribution < -0.4 is 0 Å². The molecule has 0 bridgehead atoms. The molecule has 0 unspecified atom stereocenters. The second-order valence-electron chi connectivity index (χ2n) is 2.50. The molecule has 0 aliphatic rings. The van der Waals surface area contributed by atoms with Crippen molar-refractivity contribution >= 4 is 15.4 Å². The summed E-state index contributed by atoms with van der Waals surface area (Å²) in [6.07, 6.45) is 0. The van der Waals surface area contributed by atoms with Gasteiger partial charge in [-0.15, -0.1) is 0 Å². The fourth-order valence-electron chi connectivity index (χ4n) is 0. The second-order valence-corrected chi connectivity index (χ2v) is 6.70. The molecule has 0 aromatic rings. The van der Waals surface area contributed by atoms with E-state index in [4.69, 9.17) is 0 Å². The molecule has 0 rings (SSSR count). The third-order valence-corrected chi connectivity index (χ3v) is 3.90. The summed E-state index contributed by atoms with van der Waals surface area (Å²) in [6, 6.07) is 0. The minimum atomic E-state index is 0.354. The first kappa shape index (κ1) is 6.54. The van der Waals surface area contributed by atoms with Crippen LogP contribution in [0, 0.1) is 0 Å². The molecular weight excluding hydrogens is 133 g/mol. The summed E-state index contributed by atoms with van der Waals surface area (Å²) in [5, 5.41) is 0. The molecule has 0 fully saturated rings. The van der Waals surface area contributed by atoms with Gasteiger partial charge >= 0.3 is 46.2 Å². The molecule has 0 nitrogen and oxygen atoms in total. The average molecular weight is 145 g/mol. The van der Waals surface area contributed by atoms with Gasteiger partial charge in [0.05, 0.1) is 0 Å². The van der Waals surface area contributed by atoms with Gasteiger partial charge in [0, 0.05) is 0 Å². The third-order valence-electron chi connectivity index (χ3n) is 0.750. The number of rotatable bonds is 0. The zero-order valence-electron chi connectivity index (χ0n) is 5.00. The van der Waals surface area contributed by atoms with Gasteiger partial charge in [-0.05, 0) is 0 Å². The molecule has 6 heavy (non-hydrogen) atoms. The van der Waals surface area contributed by atoms with E-state index in [0.29, 0.717) is 19.7 Å². The van der Waals surface area contributed by atoms with Crippen molar-refractivity contribution in [3.8, 4) is 0 Å². The van der Waals surface area contributed by atoms with E-state index in [2.05, 4.69) is 26.5 Å². The van der Waals surface area contributed by atoms with E-state index in [1.165, 1.54) is 0 Å². The molecule has 0 saturated carbocycles. The summed E-state index contributed by atoms with van der Waals surface area (Å²) in [6.45, 7) is 6.90. The van der Waals surface area contributed by atoms with Gasteiger partial charge in [-0.25, -0.2) is 0 Å². The first-order valence-electron chi connectivity index (χ1n) is 2.25. The molecule has 0 saturated heterocycles. The number of hydrogen-bond donors (Lipinski definition) is 0. The molecule has 0 aromatic heterocycles. The average Bonchev–Trinajstić information content (AvgIpc) is 1.35. The molecule has 36 valence electrons. The standard InChI is InChI=1S/C5H12Ge/c1-5(2,3)6-4/h1-4H3. The van der Waals surface area contributed by atoms with Crippen molar-refractivity contribution in [2.24, 2.45) is 0 Å². The molecule has 0 aliphatic carbocycles. The fraction of sp³-hybridized carbons (Fsp3) is 1.00. The van der Waals surface area contributed by atoms with Crippen LogP contribution in [0.3, 0.4) is 0 Å². The Morgan fingerprint density at radius 3 is 1.33 bits per heavy atom. The van der Waals surface area contributed by atoms with E-state index in [0.717, 1.165) is 0 Å². The Bertz CT molecular complexity index is 33.7. The van der Waals surface area contributed by atoms with Gasteiger partial charge in [-0.3, -0.25) is 0 Å². The molecule has 2 radical (unpaired) electrons. The van der Waals surface area contributed by atoms with Gasteiger partial charge < -0.3 is 0 Å². The molecule has 0 amide bonds. The van der Waals surface area contributed by atoms with Crippen molar-refractivity contribution in [1.82, 2.24) is 0 Å². The van der Waals surface area contributed by atoms with Gasteiger partial charge in [-0.2, -0.15) is 0 Å². The second kappa shape index (κ2) is 2.01. The van der Waals surface area contributed by atoms with Crippen LogP contribution in [0.15, 0.2) is 0 Å². The number of hydrogen-bond acceptors (Lipinski definition) is 0. The molecular formula is C5H12Ge. The predicted molar refractivity (Wildman–Crippen MR) is 31.3 cm³/mol. The van der Waals surface area contributed by atoms with Gasteiger partial charge in [0.1, 0.15) is 0 Å². The molecule has 0 heterocycles. The van der Waals surface area contributed by atoms with Crippen LogP contribution in [-0.2, 0) is 0 Å². The third kappa shape index (κ3) is 4.54. The summed E-state index contributed by atoms with van der Waals surface area (Å²) in [4.78, 5) is 0. The van der Waals surface area contributed by atoms with Crippen molar-refractivity contribution in [3.63, 3.8) is 0 Å². The summed E-state index contributed by atoms with van der Waals surface area (Å²) in [5.41, 5.74) is 0. The zero-order valence-corrected chi connectivity index (χ0v) is 7.10. The predicted octanol–water partition coefficient (Wildman–Crippen LogP) is 1.96. The summed E-state index contributed by atoms with van der Waals surface area (Å²) in [7, 11) is 0. The molecule has 0 aromatic carbocycles. The summed E-state index contributed by atoms with van der Waals surface area (Å²) < 4.78 is 0.667. The van der Waals surface area contributed by atoms with E-state index < -0.39 is 0 Å².